The molecule has 5 heteroatoms. The Hall–Kier alpha value is -1.36. The average molecular weight is 330 g/mol. The highest BCUT2D eigenvalue weighted by atomic mass is 79.9. The lowest BCUT2D eigenvalue weighted by molar-refractivity contribution is -0.138. The standard InChI is InChI=1S/C9H7BrFN.C5H10O2/c10-5-8-4-6-3-7(11)1-2-9(6)12-8;1-5(2,3)7-4-6/h1-4,12H,5H2;4H,1-3H3. The van der Waals surface area contributed by atoms with E-state index in [4.69, 9.17) is 0 Å². The summed E-state index contributed by atoms with van der Waals surface area (Å²) in [5.74, 6) is -0.192. The molecule has 2 aromatic rings. The van der Waals surface area contributed by atoms with Crippen molar-refractivity contribution in [1.29, 1.82) is 0 Å². The van der Waals surface area contributed by atoms with Crippen molar-refractivity contribution in [2.45, 2.75) is 31.7 Å². The monoisotopic (exact) mass is 329 g/mol. The van der Waals surface area contributed by atoms with Gasteiger partial charge in [-0.2, -0.15) is 0 Å². The number of H-pyrrole nitrogens is 1. The number of aromatic amines is 1. The van der Waals surface area contributed by atoms with Gasteiger partial charge in [-0.25, -0.2) is 4.39 Å². The zero-order chi connectivity index (χ0) is 14.5. The topological polar surface area (TPSA) is 42.1 Å². The Morgan fingerprint density at radius 2 is 2.05 bits per heavy atom. The van der Waals surface area contributed by atoms with E-state index in [9.17, 15) is 9.18 Å². The summed E-state index contributed by atoms with van der Waals surface area (Å²) in [6, 6.07) is 6.67. The van der Waals surface area contributed by atoms with E-state index in [0.717, 1.165) is 21.9 Å². The fourth-order valence-corrected chi connectivity index (χ4v) is 1.68. The van der Waals surface area contributed by atoms with Crippen LogP contribution in [0.5, 0.6) is 0 Å². The van der Waals surface area contributed by atoms with Gasteiger partial charge in [0.1, 0.15) is 11.4 Å². The van der Waals surface area contributed by atoms with Gasteiger partial charge in [-0.1, -0.05) is 15.9 Å². The molecule has 0 saturated heterocycles. The third-order valence-electron chi connectivity index (χ3n) is 2.18. The first kappa shape index (κ1) is 15.7. The van der Waals surface area contributed by atoms with Crippen LogP contribution in [-0.2, 0) is 14.9 Å². The summed E-state index contributed by atoms with van der Waals surface area (Å²) in [6.07, 6.45) is 0. The molecule has 1 heterocycles. The minimum absolute atomic E-state index is 0.192. The number of carbonyl (C=O) groups is 1. The van der Waals surface area contributed by atoms with Crippen molar-refractivity contribution >= 4 is 33.3 Å². The summed E-state index contributed by atoms with van der Waals surface area (Å²) < 4.78 is 17.3. The minimum Gasteiger partial charge on any atom is -0.462 e. The van der Waals surface area contributed by atoms with Crippen molar-refractivity contribution < 1.29 is 13.9 Å². The summed E-state index contributed by atoms with van der Waals surface area (Å²) in [7, 11) is 0. The van der Waals surface area contributed by atoms with Gasteiger partial charge in [-0.3, -0.25) is 4.79 Å². The van der Waals surface area contributed by atoms with Crippen LogP contribution >= 0.6 is 15.9 Å². The molecule has 0 spiro atoms. The van der Waals surface area contributed by atoms with Gasteiger partial charge in [0.05, 0.1) is 0 Å². The third kappa shape index (κ3) is 5.42. The summed E-state index contributed by atoms with van der Waals surface area (Å²) in [4.78, 5) is 12.8. The molecular weight excluding hydrogens is 313 g/mol. The van der Waals surface area contributed by atoms with Gasteiger partial charge >= 0.3 is 0 Å². The molecule has 1 aromatic carbocycles. The molecule has 0 radical (unpaired) electrons. The lowest BCUT2D eigenvalue weighted by Crippen LogP contribution is -2.17. The second-order valence-electron chi connectivity index (χ2n) is 4.99. The number of hydrogen-bond acceptors (Lipinski definition) is 2. The summed E-state index contributed by atoms with van der Waals surface area (Å²) in [5, 5.41) is 1.69. The van der Waals surface area contributed by atoms with Crippen molar-refractivity contribution in [3.8, 4) is 0 Å². The number of fused-ring (bicyclic) bond motifs is 1. The molecule has 0 fully saturated rings. The van der Waals surface area contributed by atoms with E-state index < -0.39 is 0 Å². The van der Waals surface area contributed by atoms with Crippen molar-refractivity contribution in [1.82, 2.24) is 4.98 Å². The Kier molecular flexibility index (Phi) is 5.54. The van der Waals surface area contributed by atoms with Crippen LogP contribution in [0.4, 0.5) is 4.39 Å². The Morgan fingerprint density at radius 3 is 2.53 bits per heavy atom. The molecule has 0 unspecified atom stereocenters. The lowest BCUT2D eigenvalue weighted by atomic mass is 10.2. The number of alkyl halides is 1. The van der Waals surface area contributed by atoms with Crippen molar-refractivity contribution in [3.63, 3.8) is 0 Å². The lowest BCUT2D eigenvalue weighted by Gasteiger charge is -2.14. The van der Waals surface area contributed by atoms with E-state index in [1.807, 2.05) is 26.8 Å². The number of halogens is 2. The largest absolute Gasteiger partial charge is 0.462 e. The first-order valence-electron chi connectivity index (χ1n) is 5.80. The molecule has 19 heavy (non-hydrogen) atoms. The number of benzene rings is 1. The maximum Gasteiger partial charge on any atom is 0.293 e. The molecule has 0 saturated carbocycles. The maximum atomic E-state index is 12.7. The Balaban J connectivity index is 0.000000224. The van der Waals surface area contributed by atoms with Gasteiger partial charge in [0, 0.05) is 21.9 Å². The summed E-state index contributed by atoms with van der Waals surface area (Å²) in [5.41, 5.74) is 1.73. The van der Waals surface area contributed by atoms with E-state index in [-0.39, 0.29) is 11.4 Å². The zero-order valence-corrected chi connectivity index (χ0v) is 12.8. The number of rotatable bonds is 2. The fraction of sp³-hybridized carbons (Fsp3) is 0.357. The predicted molar refractivity (Wildman–Crippen MR) is 77.8 cm³/mol. The van der Waals surface area contributed by atoms with Crippen LogP contribution in [-0.4, -0.2) is 17.1 Å². The van der Waals surface area contributed by atoms with Crippen molar-refractivity contribution in [3.05, 3.63) is 35.8 Å². The van der Waals surface area contributed by atoms with Gasteiger partial charge in [-0.05, 0) is 45.0 Å². The summed E-state index contributed by atoms with van der Waals surface area (Å²) >= 11 is 3.33. The SMILES string of the molecule is CC(C)(C)OC=O.Fc1ccc2[nH]c(CBr)cc2c1. The summed E-state index contributed by atoms with van der Waals surface area (Å²) in [6.45, 7) is 5.92. The fourth-order valence-electron chi connectivity index (χ4n) is 1.38. The van der Waals surface area contributed by atoms with Crippen molar-refractivity contribution in [2.75, 3.05) is 0 Å². The van der Waals surface area contributed by atoms with E-state index in [2.05, 4.69) is 25.7 Å². The quantitative estimate of drug-likeness (QED) is 0.664. The molecule has 0 aliphatic heterocycles. The van der Waals surface area contributed by atoms with Crippen LogP contribution in [0.2, 0.25) is 0 Å². The van der Waals surface area contributed by atoms with Crippen LogP contribution < -0.4 is 0 Å². The van der Waals surface area contributed by atoms with Crippen LogP contribution in [0.15, 0.2) is 24.3 Å². The number of carbonyl (C=O) groups excluding carboxylic acids is 1. The number of hydrogen-bond donors (Lipinski definition) is 1. The first-order valence-corrected chi connectivity index (χ1v) is 6.92. The van der Waals surface area contributed by atoms with Gasteiger partial charge in [0.2, 0.25) is 0 Å². The Bertz CT molecular complexity index is 546. The van der Waals surface area contributed by atoms with Gasteiger partial charge in [0.15, 0.2) is 0 Å². The van der Waals surface area contributed by atoms with Crippen LogP contribution in [0.3, 0.4) is 0 Å². The normalized spacial score (nSPS) is 10.8. The molecule has 0 amide bonds. The average Bonchev–Trinajstić information content (AvgIpc) is 2.70. The molecule has 0 aliphatic rings. The predicted octanol–water partition coefficient (Wildman–Crippen LogP) is 4.16. The van der Waals surface area contributed by atoms with E-state index in [0.29, 0.717) is 6.47 Å². The molecule has 1 aromatic heterocycles. The van der Waals surface area contributed by atoms with E-state index in [1.165, 1.54) is 12.1 Å². The highest BCUT2D eigenvalue weighted by Crippen LogP contribution is 2.17. The first-order chi connectivity index (χ1) is 8.85. The highest BCUT2D eigenvalue weighted by Gasteiger charge is 2.07. The van der Waals surface area contributed by atoms with E-state index in [1.54, 1.807) is 6.07 Å². The molecule has 2 rings (SSSR count). The smallest absolute Gasteiger partial charge is 0.293 e. The molecule has 0 atom stereocenters. The third-order valence-corrected chi connectivity index (χ3v) is 2.79. The molecule has 0 aliphatic carbocycles. The van der Waals surface area contributed by atoms with Crippen LogP contribution in [0, 0.1) is 5.82 Å². The highest BCUT2D eigenvalue weighted by molar-refractivity contribution is 9.08. The van der Waals surface area contributed by atoms with E-state index >= 15 is 0 Å². The number of aromatic nitrogens is 1. The number of nitrogens with one attached hydrogen (secondary N) is 1. The minimum atomic E-state index is -0.318. The Labute approximate surface area is 120 Å². The molecular formula is C14H17BrFNO2. The van der Waals surface area contributed by atoms with Crippen molar-refractivity contribution in [2.24, 2.45) is 0 Å². The van der Waals surface area contributed by atoms with Gasteiger partial charge in [-0.15, -0.1) is 0 Å². The second-order valence-corrected chi connectivity index (χ2v) is 5.55. The van der Waals surface area contributed by atoms with Crippen LogP contribution in [0.1, 0.15) is 26.5 Å². The van der Waals surface area contributed by atoms with Gasteiger partial charge < -0.3 is 9.72 Å². The zero-order valence-electron chi connectivity index (χ0n) is 11.2. The Morgan fingerprint density at radius 1 is 1.37 bits per heavy atom. The maximum absolute atomic E-state index is 12.7. The molecule has 0 bridgehead atoms. The van der Waals surface area contributed by atoms with Crippen LogP contribution in [0.25, 0.3) is 10.9 Å². The molecule has 1 N–H and O–H groups in total. The molecule has 104 valence electrons. The second kappa shape index (κ2) is 6.70. The number of ether oxygens (including phenoxy) is 1. The van der Waals surface area contributed by atoms with Gasteiger partial charge in [0.25, 0.3) is 6.47 Å². The molecule has 3 nitrogen and oxygen atoms in total.